The van der Waals surface area contributed by atoms with Crippen LogP contribution in [-0.4, -0.2) is 69.0 Å². The molecule has 8 heteroatoms. The molecule has 2 aromatic rings. The lowest BCUT2D eigenvalue weighted by Gasteiger charge is -2.26. The summed E-state index contributed by atoms with van der Waals surface area (Å²) in [7, 11) is 0. The number of aromatic nitrogens is 3. The van der Waals surface area contributed by atoms with Crippen LogP contribution >= 0.6 is 0 Å². The number of amides is 2. The van der Waals surface area contributed by atoms with Crippen molar-refractivity contribution in [3.8, 4) is 0 Å². The molecule has 2 heterocycles. The van der Waals surface area contributed by atoms with Crippen molar-refractivity contribution in [2.45, 2.75) is 32.8 Å². The van der Waals surface area contributed by atoms with Crippen molar-refractivity contribution >= 4 is 23.0 Å². The van der Waals surface area contributed by atoms with Gasteiger partial charge in [-0.25, -0.2) is 4.79 Å². The molecule has 1 aromatic carbocycles. The molecule has 1 aliphatic rings. The van der Waals surface area contributed by atoms with Crippen LogP contribution in [0.25, 0.3) is 11.0 Å². The van der Waals surface area contributed by atoms with Crippen molar-refractivity contribution in [1.29, 1.82) is 0 Å². The first-order chi connectivity index (χ1) is 11.8. The van der Waals surface area contributed by atoms with Gasteiger partial charge in [0.15, 0.2) is 0 Å². The van der Waals surface area contributed by atoms with E-state index in [-0.39, 0.29) is 12.0 Å². The van der Waals surface area contributed by atoms with E-state index in [1.807, 2.05) is 20.8 Å². The number of ether oxygens (including phenoxy) is 1. The molecular weight excluding hydrogens is 322 g/mol. The maximum Gasteiger partial charge on any atom is 0.410 e. The second-order valence-corrected chi connectivity index (χ2v) is 7.14. The summed E-state index contributed by atoms with van der Waals surface area (Å²) in [4.78, 5) is 28.4. The van der Waals surface area contributed by atoms with E-state index in [0.29, 0.717) is 37.3 Å². The maximum atomic E-state index is 12.8. The molecule has 1 aromatic heterocycles. The fourth-order valence-corrected chi connectivity index (χ4v) is 2.79. The highest BCUT2D eigenvalue weighted by Gasteiger charge is 2.26. The number of carbonyl (C=O) groups is 2. The van der Waals surface area contributed by atoms with Gasteiger partial charge in [-0.1, -0.05) is 0 Å². The van der Waals surface area contributed by atoms with Crippen molar-refractivity contribution in [3.05, 3.63) is 23.8 Å². The normalized spacial score (nSPS) is 16.0. The summed E-state index contributed by atoms with van der Waals surface area (Å²) in [5.41, 5.74) is 1.44. The maximum absolute atomic E-state index is 12.8. The van der Waals surface area contributed by atoms with Crippen LogP contribution in [0.3, 0.4) is 0 Å². The lowest BCUT2D eigenvalue weighted by atomic mass is 10.1. The third-order valence-electron chi connectivity index (χ3n) is 4.00. The van der Waals surface area contributed by atoms with Gasteiger partial charge in [-0.05, 0) is 45.4 Å². The molecule has 1 saturated heterocycles. The third-order valence-corrected chi connectivity index (χ3v) is 4.00. The van der Waals surface area contributed by atoms with E-state index in [2.05, 4.69) is 15.4 Å². The number of benzene rings is 1. The number of hydrogen-bond acceptors (Lipinski definition) is 5. The van der Waals surface area contributed by atoms with Crippen LogP contribution in [0.2, 0.25) is 0 Å². The fraction of sp³-hybridized carbons (Fsp3) is 0.529. The number of nitrogens with zero attached hydrogens (tertiary/aromatic N) is 4. The minimum absolute atomic E-state index is 0.0593. The number of hydrogen-bond donors (Lipinski definition) is 1. The molecule has 0 aliphatic carbocycles. The molecule has 0 bridgehead atoms. The van der Waals surface area contributed by atoms with Crippen LogP contribution in [0, 0.1) is 0 Å². The Morgan fingerprint density at radius 1 is 1.04 bits per heavy atom. The highest BCUT2D eigenvalue weighted by Crippen LogP contribution is 2.16. The average Bonchev–Trinajstić information content (AvgIpc) is 2.86. The molecule has 1 N–H and O–H groups in total. The highest BCUT2D eigenvalue weighted by atomic mass is 16.6. The van der Waals surface area contributed by atoms with Gasteiger partial charge in [0.25, 0.3) is 5.91 Å². The first-order valence-electron chi connectivity index (χ1n) is 8.41. The third kappa shape index (κ3) is 4.07. The molecular formula is C17H23N5O3. The molecule has 2 amide bonds. The number of carbonyl (C=O) groups excluding carboxylic acids is 2. The molecule has 25 heavy (non-hydrogen) atoms. The van der Waals surface area contributed by atoms with Crippen LogP contribution in [0.4, 0.5) is 4.79 Å². The monoisotopic (exact) mass is 345 g/mol. The standard InChI is InChI=1S/C17H23N5O3/c1-17(2,3)25-16(24)22-8-4-7-21(9-10-22)15(23)12-5-6-13-14(11-12)19-20-18-13/h5-6,11H,4,7-10H2,1-3H3,(H,18,19,20). The second-order valence-electron chi connectivity index (χ2n) is 7.14. The quantitative estimate of drug-likeness (QED) is 0.854. The summed E-state index contributed by atoms with van der Waals surface area (Å²) < 4.78 is 5.42. The van der Waals surface area contributed by atoms with E-state index in [0.717, 1.165) is 11.9 Å². The summed E-state index contributed by atoms with van der Waals surface area (Å²) in [5.74, 6) is -0.0593. The molecule has 0 atom stereocenters. The Kier molecular flexibility index (Phi) is 4.61. The van der Waals surface area contributed by atoms with Gasteiger partial charge in [0.1, 0.15) is 16.6 Å². The molecule has 1 fully saturated rings. The van der Waals surface area contributed by atoms with Crippen molar-refractivity contribution in [3.63, 3.8) is 0 Å². The molecule has 0 unspecified atom stereocenters. The highest BCUT2D eigenvalue weighted by molar-refractivity contribution is 5.97. The minimum atomic E-state index is -0.522. The first-order valence-corrected chi connectivity index (χ1v) is 8.41. The van der Waals surface area contributed by atoms with Crippen LogP contribution in [0.15, 0.2) is 18.2 Å². The molecule has 3 rings (SSSR count). The Balaban J connectivity index is 1.66. The molecule has 8 nitrogen and oxygen atoms in total. The van der Waals surface area contributed by atoms with E-state index in [4.69, 9.17) is 4.74 Å². The molecule has 0 spiro atoms. The van der Waals surface area contributed by atoms with E-state index in [1.54, 1.807) is 28.0 Å². The predicted molar refractivity (Wildman–Crippen MR) is 92.2 cm³/mol. The summed E-state index contributed by atoms with van der Waals surface area (Å²) in [5, 5.41) is 10.6. The van der Waals surface area contributed by atoms with Crippen molar-refractivity contribution in [2.24, 2.45) is 0 Å². The zero-order valence-electron chi connectivity index (χ0n) is 14.8. The van der Waals surface area contributed by atoms with Gasteiger partial charge in [-0.15, -0.1) is 0 Å². The van der Waals surface area contributed by atoms with Gasteiger partial charge >= 0.3 is 6.09 Å². The first kappa shape index (κ1) is 17.2. The van der Waals surface area contributed by atoms with Gasteiger partial charge in [-0.2, -0.15) is 15.4 Å². The van der Waals surface area contributed by atoms with Crippen molar-refractivity contribution in [2.75, 3.05) is 26.2 Å². The van der Waals surface area contributed by atoms with Crippen LogP contribution in [0.5, 0.6) is 0 Å². The summed E-state index contributed by atoms with van der Waals surface area (Å²) in [6, 6.07) is 5.26. The van der Waals surface area contributed by atoms with E-state index in [1.165, 1.54) is 0 Å². The topological polar surface area (TPSA) is 91.4 Å². The fourth-order valence-electron chi connectivity index (χ4n) is 2.79. The average molecular weight is 345 g/mol. The Morgan fingerprint density at radius 2 is 1.72 bits per heavy atom. The van der Waals surface area contributed by atoms with Gasteiger partial charge < -0.3 is 14.5 Å². The molecule has 134 valence electrons. The van der Waals surface area contributed by atoms with Crippen LogP contribution in [0.1, 0.15) is 37.6 Å². The van der Waals surface area contributed by atoms with Crippen molar-refractivity contribution in [1.82, 2.24) is 25.2 Å². The van der Waals surface area contributed by atoms with E-state index in [9.17, 15) is 9.59 Å². The SMILES string of the molecule is CC(C)(C)OC(=O)N1CCCN(C(=O)c2ccc3n[nH]nc3c2)CC1. The van der Waals surface area contributed by atoms with Gasteiger partial charge in [0, 0.05) is 31.7 Å². The number of nitrogens with one attached hydrogen (secondary N) is 1. The molecule has 0 saturated carbocycles. The smallest absolute Gasteiger partial charge is 0.410 e. The number of fused-ring (bicyclic) bond motifs is 1. The largest absolute Gasteiger partial charge is 0.444 e. The summed E-state index contributed by atoms with van der Waals surface area (Å²) in [6.45, 7) is 7.67. The van der Waals surface area contributed by atoms with Gasteiger partial charge in [0.2, 0.25) is 0 Å². The molecule has 0 radical (unpaired) electrons. The van der Waals surface area contributed by atoms with E-state index < -0.39 is 5.60 Å². The lowest BCUT2D eigenvalue weighted by Crippen LogP contribution is -2.40. The summed E-state index contributed by atoms with van der Waals surface area (Å²) >= 11 is 0. The van der Waals surface area contributed by atoms with Crippen LogP contribution in [-0.2, 0) is 4.74 Å². The zero-order chi connectivity index (χ0) is 18.0. The van der Waals surface area contributed by atoms with Crippen molar-refractivity contribution < 1.29 is 14.3 Å². The second kappa shape index (κ2) is 6.70. The van der Waals surface area contributed by atoms with Gasteiger partial charge in [0.05, 0.1) is 0 Å². The number of rotatable bonds is 1. The summed E-state index contributed by atoms with van der Waals surface area (Å²) in [6.07, 6.45) is 0.391. The predicted octanol–water partition coefficient (Wildman–Crippen LogP) is 2.04. The zero-order valence-corrected chi connectivity index (χ0v) is 14.8. The Labute approximate surface area is 146 Å². The Morgan fingerprint density at radius 3 is 2.48 bits per heavy atom. The van der Waals surface area contributed by atoms with E-state index >= 15 is 0 Å². The lowest BCUT2D eigenvalue weighted by molar-refractivity contribution is 0.0255. The van der Waals surface area contributed by atoms with Crippen LogP contribution < -0.4 is 0 Å². The Hall–Kier alpha value is -2.64. The Bertz CT molecular complexity index is 780. The minimum Gasteiger partial charge on any atom is -0.444 e. The number of aromatic amines is 1. The molecule has 1 aliphatic heterocycles. The van der Waals surface area contributed by atoms with Gasteiger partial charge in [-0.3, -0.25) is 4.79 Å². The number of H-pyrrole nitrogens is 1.